The lowest BCUT2D eigenvalue weighted by Crippen LogP contribution is -2.04. The number of hydrogen-bond acceptors (Lipinski definition) is 4. The third-order valence-corrected chi connectivity index (χ3v) is 3.43. The Morgan fingerprint density at radius 1 is 1.18 bits per heavy atom. The zero-order chi connectivity index (χ0) is 16.3. The maximum absolute atomic E-state index is 11.8. The fourth-order valence-electron chi connectivity index (χ4n) is 2.09. The van der Waals surface area contributed by atoms with E-state index in [-0.39, 0.29) is 5.78 Å². The quantitative estimate of drug-likeness (QED) is 0.377. The summed E-state index contributed by atoms with van der Waals surface area (Å²) in [6, 6.07) is 6.46. The van der Waals surface area contributed by atoms with Crippen molar-refractivity contribution in [2.75, 3.05) is 0 Å². The largest absolute Gasteiger partial charge is 0.423 e. The molecule has 0 radical (unpaired) electrons. The second-order valence-electron chi connectivity index (χ2n) is 5.04. The molecule has 0 saturated heterocycles. The highest BCUT2D eigenvalue weighted by Gasteiger charge is 2.07. The first kappa shape index (κ1) is 15.7. The van der Waals surface area contributed by atoms with Gasteiger partial charge in [-0.15, -0.1) is 0 Å². The van der Waals surface area contributed by atoms with E-state index in [0.29, 0.717) is 11.3 Å². The molecule has 0 aliphatic rings. The molecule has 0 amide bonds. The Morgan fingerprint density at radius 3 is 2.32 bits per heavy atom. The van der Waals surface area contributed by atoms with E-state index in [1.54, 1.807) is 35.0 Å². The molecule has 0 atom stereocenters. The van der Waals surface area contributed by atoms with Crippen LogP contribution >= 0.6 is 0 Å². The first-order valence-electron chi connectivity index (χ1n) is 6.89. The summed E-state index contributed by atoms with van der Waals surface area (Å²) in [5.74, 6) is -0.0993. The highest BCUT2D eigenvalue weighted by atomic mass is 16.5. The van der Waals surface area contributed by atoms with Gasteiger partial charge in [-0.2, -0.15) is 5.10 Å². The van der Waals surface area contributed by atoms with Crippen molar-refractivity contribution in [2.45, 2.75) is 20.8 Å². The third-order valence-electron chi connectivity index (χ3n) is 3.43. The summed E-state index contributed by atoms with van der Waals surface area (Å²) < 4.78 is 6.96. The Labute approximate surface area is 129 Å². The summed E-state index contributed by atoms with van der Waals surface area (Å²) in [7, 11) is 1.86. The number of aryl methyl sites for hydroxylation is 2. The van der Waals surface area contributed by atoms with Crippen LogP contribution in [0, 0.1) is 13.8 Å². The second kappa shape index (κ2) is 6.39. The number of aromatic nitrogens is 2. The SMILES string of the molecule is CC(=O)c1ccc(OC(=O)/C=C/c2c(C)nn(C)c2C)cc1. The Bertz CT molecular complexity index is 740. The molecule has 0 unspecified atom stereocenters. The zero-order valence-corrected chi connectivity index (χ0v) is 13.1. The minimum absolute atomic E-state index is 0.0275. The van der Waals surface area contributed by atoms with Gasteiger partial charge in [0.15, 0.2) is 5.78 Å². The monoisotopic (exact) mass is 298 g/mol. The van der Waals surface area contributed by atoms with E-state index in [4.69, 9.17) is 4.74 Å². The van der Waals surface area contributed by atoms with Crippen LogP contribution in [0.3, 0.4) is 0 Å². The van der Waals surface area contributed by atoms with Gasteiger partial charge < -0.3 is 4.74 Å². The molecule has 1 aromatic heterocycles. The van der Waals surface area contributed by atoms with E-state index < -0.39 is 5.97 Å². The third kappa shape index (κ3) is 3.49. The van der Waals surface area contributed by atoms with Crippen molar-refractivity contribution in [2.24, 2.45) is 7.05 Å². The number of nitrogens with zero attached hydrogens (tertiary/aromatic N) is 2. The van der Waals surface area contributed by atoms with Crippen LogP contribution in [-0.2, 0) is 11.8 Å². The van der Waals surface area contributed by atoms with E-state index >= 15 is 0 Å². The van der Waals surface area contributed by atoms with Crippen LogP contribution in [0.2, 0.25) is 0 Å². The number of Topliss-reactive ketones (excluding diaryl/α,β-unsaturated/α-hetero) is 1. The Kier molecular flexibility index (Phi) is 4.56. The molecular weight excluding hydrogens is 280 g/mol. The van der Waals surface area contributed by atoms with E-state index in [0.717, 1.165) is 17.0 Å². The van der Waals surface area contributed by atoms with Crippen molar-refractivity contribution in [3.8, 4) is 5.75 Å². The van der Waals surface area contributed by atoms with Gasteiger partial charge in [-0.25, -0.2) is 4.79 Å². The first-order chi connectivity index (χ1) is 10.4. The zero-order valence-electron chi connectivity index (χ0n) is 13.1. The standard InChI is InChI=1S/C17H18N2O3/c1-11-16(12(2)19(4)18-11)9-10-17(21)22-15-7-5-14(6-8-15)13(3)20/h5-10H,1-4H3/b10-9+. The highest BCUT2D eigenvalue weighted by molar-refractivity contribution is 5.94. The number of esters is 1. The molecule has 5 nitrogen and oxygen atoms in total. The van der Waals surface area contributed by atoms with Crippen molar-refractivity contribution in [1.29, 1.82) is 0 Å². The number of benzene rings is 1. The maximum Gasteiger partial charge on any atom is 0.336 e. The van der Waals surface area contributed by atoms with E-state index in [2.05, 4.69) is 5.10 Å². The van der Waals surface area contributed by atoms with Gasteiger partial charge in [-0.1, -0.05) is 0 Å². The van der Waals surface area contributed by atoms with Crippen molar-refractivity contribution >= 4 is 17.8 Å². The molecule has 0 aliphatic carbocycles. The van der Waals surface area contributed by atoms with E-state index in [9.17, 15) is 9.59 Å². The molecule has 5 heteroatoms. The predicted octanol–water partition coefficient (Wildman–Crippen LogP) is 2.86. The second-order valence-corrected chi connectivity index (χ2v) is 5.04. The topological polar surface area (TPSA) is 61.2 Å². The van der Waals surface area contributed by atoms with Crippen LogP contribution in [0.15, 0.2) is 30.3 Å². The van der Waals surface area contributed by atoms with Crippen molar-refractivity contribution in [3.05, 3.63) is 52.9 Å². The van der Waals surface area contributed by atoms with Gasteiger partial charge in [0.05, 0.1) is 5.69 Å². The van der Waals surface area contributed by atoms with Crippen LogP contribution in [0.4, 0.5) is 0 Å². The molecular formula is C17H18N2O3. The predicted molar refractivity (Wildman–Crippen MR) is 83.8 cm³/mol. The average Bonchev–Trinajstić information content (AvgIpc) is 2.70. The summed E-state index contributed by atoms with van der Waals surface area (Å²) in [6.07, 6.45) is 3.07. The van der Waals surface area contributed by atoms with Gasteiger partial charge >= 0.3 is 5.97 Å². The van der Waals surface area contributed by atoms with Crippen LogP contribution in [0.1, 0.15) is 34.2 Å². The first-order valence-corrected chi connectivity index (χ1v) is 6.89. The van der Waals surface area contributed by atoms with Crippen molar-refractivity contribution in [1.82, 2.24) is 9.78 Å². The molecule has 1 heterocycles. The van der Waals surface area contributed by atoms with Crippen molar-refractivity contribution in [3.63, 3.8) is 0 Å². The Balaban J connectivity index is 2.06. The highest BCUT2D eigenvalue weighted by Crippen LogP contribution is 2.15. The van der Waals surface area contributed by atoms with E-state index in [1.165, 1.54) is 13.0 Å². The van der Waals surface area contributed by atoms with Crippen molar-refractivity contribution < 1.29 is 14.3 Å². The van der Waals surface area contributed by atoms with E-state index in [1.807, 2.05) is 20.9 Å². The number of carbonyl (C=O) groups is 2. The summed E-state index contributed by atoms with van der Waals surface area (Å²) in [5.41, 5.74) is 3.32. The number of rotatable bonds is 4. The summed E-state index contributed by atoms with van der Waals surface area (Å²) in [5, 5.41) is 4.28. The van der Waals surface area contributed by atoms with Crippen LogP contribution < -0.4 is 4.74 Å². The molecule has 0 spiro atoms. The summed E-state index contributed by atoms with van der Waals surface area (Å²) in [4.78, 5) is 23.0. The van der Waals surface area contributed by atoms with Crippen LogP contribution in [0.5, 0.6) is 5.75 Å². The molecule has 0 aliphatic heterocycles. The van der Waals surface area contributed by atoms with Gasteiger partial charge in [0.1, 0.15) is 5.75 Å². The minimum atomic E-state index is -0.474. The van der Waals surface area contributed by atoms with Gasteiger partial charge in [-0.05, 0) is 51.1 Å². The number of ketones is 1. The summed E-state index contributed by atoms with van der Waals surface area (Å²) >= 11 is 0. The molecule has 2 rings (SSSR count). The molecule has 0 N–H and O–H groups in total. The number of ether oxygens (including phenoxy) is 1. The lowest BCUT2D eigenvalue weighted by atomic mass is 10.1. The Morgan fingerprint density at radius 2 is 1.82 bits per heavy atom. The fraction of sp³-hybridized carbons (Fsp3) is 0.235. The van der Waals surface area contributed by atoms with Crippen LogP contribution in [-0.4, -0.2) is 21.5 Å². The number of carbonyl (C=O) groups excluding carboxylic acids is 2. The molecule has 22 heavy (non-hydrogen) atoms. The smallest absolute Gasteiger partial charge is 0.336 e. The normalized spacial score (nSPS) is 10.9. The lowest BCUT2D eigenvalue weighted by Gasteiger charge is -2.02. The lowest BCUT2D eigenvalue weighted by molar-refractivity contribution is -0.128. The maximum atomic E-state index is 11.8. The molecule has 2 aromatic rings. The van der Waals surface area contributed by atoms with Crippen LogP contribution in [0.25, 0.3) is 6.08 Å². The molecule has 114 valence electrons. The average molecular weight is 298 g/mol. The molecule has 0 bridgehead atoms. The molecule has 1 aromatic carbocycles. The van der Waals surface area contributed by atoms with Gasteiger partial charge in [0.2, 0.25) is 0 Å². The van der Waals surface area contributed by atoms with Gasteiger partial charge in [0, 0.05) is 29.9 Å². The number of hydrogen-bond donors (Lipinski definition) is 0. The molecule has 0 saturated carbocycles. The van der Waals surface area contributed by atoms with Gasteiger partial charge in [0.25, 0.3) is 0 Å². The fourth-order valence-corrected chi connectivity index (χ4v) is 2.09. The van der Waals surface area contributed by atoms with Gasteiger partial charge in [-0.3, -0.25) is 9.48 Å². The minimum Gasteiger partial charge on any atom is -0.423 e. The Hall–Kier alpha value is -2.69. The molecule has 0 fully saturated rings. The summed E-state index contributed by atoms with van der Waals surface area (Å²) in [6.45, 7) is 5.31.